The van der Waals surface area contributed by atoms with Crippen molar-refractivity contribution in [2.24, 2.45) is 11.0 Å². The standard InChI is InChI=1S/C8H16N4O/c1-3-7(4-2)8(13)10-5-6-11-12-9/h7H,3-6H2,1-2H3,(H,10,13). The minimum absolute atomic E-state index is 0.0538. The molecule has 0 atom stereocenters. The quantitative estimate of drug-likeness (QED) is 0.291. The summed E-state index contributed by atoms with van der Waals surface area (Å²) in [5, 5.41) is 6.04. The van der Waals surface area contributed by atoms with Gasteiger partial charge in [-0.15, -0.1) is 0 Å². The van der Waals surface area contributed by atoms with E-state index in [-0.39, 0.29) is 11.8 Å². The molecule has 0 aromatic heterocycles. The summed E-state index contributed by atoms with van der Waals surface area (Å²) in [4.78, 5) is 13.9. The van der Waals surface area contributed by atoms with Crippen molar-refractivity contribution in [2.75, 3.05) is 13.1 Å². The smallest absolute Gasteiger partial charge is 0.223 e. The molecule has 0 fully saturated rings. The summed E-state index contributed by atoms with van der Waals surface area (Å²) in [6.45, 7) is 4.73. The van der Waals surface area contributed by atoms with Crippen LogP contribution in [-0.4, -0.2) is 19.0 Å². The first kappa shape index (κ1) is 11.8. The van der Waals surface area contributed by atoms with Gasteiger partial charge in [0, 0.05) is 23.9 Å². The van der Waals surface area contributed by atoms with Crippen LogP contribution < -0.4 is 5.32 Å². The molecule has 0 aromatic rings. The molecule has 0 heterocycles. The lowest BCUT2D eigenvalue weighted by molar-refractivity contribution is -0.125. The zero-order chi connectivity index (χ0) is 10.1. The van der Waals surface area contributed by atoms with Gasteiger partial charge in [-0.3, -0.25) is 4.79 Å². The van der Waals surface area contributed by atoms with E-state index in [0.29, 0.717) is 13.1 Å². The second kappa shape index (κ2) is 7.43. The van der Waals surface area contributed by atoms with E-state index in [1.807, 2.05) is 13.8 Å². The molecule has 0 radical (unpaired) electrons. The number of azide groups is 1. The molecule has 0 aliphatic carbocycles. The monoisotopic (exact) mass is 184 g/mol. The molecule has 1 amide bonds. The summed E-state index contributed by atoms with van der Waals surface area (Å²) < 4.78 is 0. The van der Waals surface area contributed by atoms with Crippen LogP contribution in [-0.2, 0) is 4.79 Å². The van der Waals surface area contributed by atoms with Gasteiger partial charge in [-0.1, -0.05) is 19.0 Å². The summed E-state index contributed by atoms with van der Waals surface area (Å²) in [6, 6.07) is 0. The maximum atomic E-state index is 11.3. The van der Waals surface area contributed by atoms with Crippen LogP contribution in [0, 0.1) is 5.92 Å². The van der Waals surface area contributed by atoms with Crippen LogP contribution >= 0.6 is 0 Å². The first-order valence-corrected chi connectivity index (χ1v) is 4.54. The van der Waals surface area contributed by atoms with E-state index in [2.05, 4.69) is 15.3 Å². The molecule has 0 saturated heterocycles. The number of carbonyl (C=O) groups excluding carboxylic acids is 1. The molecule has 0 aromatic carbocycles. The Morgan fingerprint density at radius 2 is 2.15 bits per heavy atom. The summed E-state index contributed by atoms with van der Waals surface area (Å²) >= 11 is 0. The maximum absolute atomic E-state index is 11.3. The zero-order valence-corrected chi connectivity index (χ0v) is 8.16. The molecule has 1 N–H and O–H groups in total. The Morgan fingerprint density at radius 3 is 2.62 bits per heavy atom. The fourth-order valence-electron chi connectivity index (χ4n) is 1.08. The number of carbonyl (C=O) groups is 1. The van der Waals surface area contributed by atoms with Gasteiger partial charge in [-0.05, 0) is 18.4 Å². The number of hydrogen-bond donors (Lipinski definition) is 1. The number of nitrogens with zero attached hydrogens (tertiary/aromatic N) is 3. The van der Waals surface area contributed by atoms with Gasteiger partial charge in [0.25, 0.3) is 0 Å². The fraction of sp³-hybridized carbons (Fsp3) is 0.875. The molecule has 0 aliphatic rings. The average Bonchev–Trinajstić information content (AvgIpc) is 2.14. The van der Waals surface area contributed by atoms with Gasteiger partial charge in [0.15, 0.2) is 0 Å². The van der Waals surface area contributed by atoms with Crippen molar-refractivity contribution in [3.8, 4) is 0 Å². The second-order valence-electron chi connectivity index (χ2n) is 2.76. The van der Waals surface area contributed by atoms with Crippen LogP contribution in [0.4, 0.5) is 0 Å². The molecule has 0 saturated carbocycles. The number of hydrogen-bond acceptors (Lipinski definition) is 2. The Bertz CT molecular complexity index is 194. The van der Waals surface area contributed by atoms with E-state index in [1.165, 1.54) is 0 Å². The van der Waals surface area contributed by atoms with Gasteiger partial charge in [0.05, 0.1) is 0 Å². The molecule has 0 rings (SSSR count). The van der Waals surface area contributed by atoms with Crippen molar-refractivity contribution in [1.82, 2.24) is 5.32 Å². The lowest BCUT2D eigenvalue weighted by atomic mass is 10.0. The van der Waals surface area contributed by atoms with Gasteiger partial charge < -0.3 is 5.32 Å². The van der Waals surface area contributed by atoms with Gasteiger partial charge in [0.2, 0.25) is 5.91 Å². The van der Waals surface area contributed by atoms with E-state index in [0.717, 1.165) is 12.8 Å². The largest absolute Gasteiger partial charge is 0.356 e. The summed E-state index contributed by atoms with van der Waals surface area (Å²) in [7, 11) is 0. The molecule has 5 nitrogen and oxygen atoms in total. The average molecular weight is 184 g/mol. The Morgan fingerprint density at radius 1 is 1.54 bits per heavy atom. The SMILES string of the molecule is CCC(CC)C(=O)NCCN=[N+]=[N-]. The van der Waals surface area contributed by atoms with E-state index in [9.17, 15) is 4.79 Å². The maximum Gasteiger partial charge on any atom is 0.223 e. The third-order valence-electron chi connectivity index (χ3n) is 1.93. The molecule has 0 spiro atoms. The number of amides is 1. The Balaban J connectivity index is 3.65. The van der Waals surface area contributed by atoms with Crippen molar-refractivity contribution in [2.45, 2.75) is 26.7 Å². The summed E-state index contributed by atoms with van der Waals surface area (Å²) in [6.07, 6.45) is 1.70. The lowest BCUT2D eigenvalue weighted by Crippen LogP contribution is -2.31. The minimum Gasteiger partial charge on any atom is -0.356 e. The molecule has 5 heteroatoms. The summed E-state index contributed by atoms with van der Waals surface area (Å²) in [5.41, 5.74) is 7.98. The van der Waals surface area contributed by atoms with Crippen molar-refractivity contribution >= 4 is 5.91 Å². The van der Waals surface area contributed by atoms with Gasteiger partial charge in [-0.2, -0.15) is 0 Å². The van der Waals surface area contributed by atoms with E-state index in [1.54, 1.807) is 0 Å². The van der Waals surface area contributed by atoms with Gasteiger partial charge in [-0.25, -0.2) is 0 Å². The molecule has 74 valence electrons. The molecular formula is C8H16N4O. The molecule has 13 heavy (non-hydrogen) atoms. The minimum atomic E-state index is 0.0538. The first-order valence-electron chi connectivity index (χ1n) is 4.54. The second-order valence-corrected chi connectivity index (χ2v) is 2.76. The third-order valence-corrected chi connectivity index (χ3v) is 1.93. The van der Waals surface area contributed by atoms with E-state index >= 15 is 0 Å². The molecule has 0 bridgehead atoms. The predicted octanol–water partition coefficient (Wildman–Crippen LogP) is 1.85. The first-order chi connectivity index (χ1) is 6.26. The van der Waals surface area contributed by atoms with Crippen LogP contribution in [0.1, 0.15) is 26.7 Å². The van der Waals surface area contributed by atoms with E-state index < -0.39 is 0 Å². The van der Waals surface area contributed by atoms with E-state index in [4.69, 9.17) is 5.53 Å². The molecular weight excluding hydrogens is 168 g/mol. The predicted molar refractivity (Wildman–Crippen MR) is 51.1 cm³/mol. The van der Waals surface area contributed by atoms with Crippen LogP contribution in [0.2, 0.25) is 0 Å². The normalized spacial score (nSPS) is 9.46. The van der Waals surface area contributed by atoms with Crippen LogP contribution in [0.25, 0.3) is 10.4 Å². The highest BCUT2D eigenvalue weighted by atomic mass is 16.1. The highest BCUT2D eigenvalue weighted by molar-refractivity contribution is 5.78. The highest BCUT2D eigenvalue weighted by Gasteiger charge is 2.12. The lowest BCUT2D eigenvalue weighted by Gasteiger charge is -2.11. The van der Waals surface area contributed by atoms with Gasteiger partial charge in [0.1, 0.15) is 0 Å². The van der Waals surface area contributed by atoms with Crippen LogP contribution in [0.5, 0.6) is 0 Å². The topological polar surface area (TPSA) is 77.9 Å². The zero-order valence-electron chi connectivity index (χ0n) is 8.16. The Hall–Kier alpha value is -1.22. The van der Waals surface area contributed by atoms with Crippen molar-refractivity contribution < 1.29 is 4.79 Å². The third kappa shape index (κ3) is 5.09. The highest BCUT2D eigenvalue weighted by Crippen LogP contribution is 2.06. The summed E-state index contributed by atoms with van der Waals surface area (Å²) in [5.74, 6) is 0.143. The van der Waals surface area contributed by atoms with Crippen LogP contribution in [0.15, 0.2) is 5.11 Å². The van der Waals surface area contributed by atoms with Crippen molar-refractivity contribution in [3.05, 3.63) is 10.4 Å². The Kier molecular flexibility index (Phi) is 6.73. The fourth-order valence-corrected chi connectivity index (χ4v) is 1.08. The van der Waals surface area contributed by atoms with Crippen LogP contribution in [0.3, 0.4) is 0 Å². The van der Waals surface area contributed by atoms with Gasteiger partial charge >= 0.3 is 0 Å². The molecule has 0 unspecified atom stereocenters. The van der Waals surface area contributed by atoms with Crippen molar-refractivity contribution in [3.63, 3.8) is 0 Å². The van der Waals surface area contributed by atoms with Crippen molar-refractivity contribution in [1.29, 1.82) is 0 Å². The number of nitrogens with one attached hydrogen (secondary N) is 1. The molecule has 0 aliphatic heterocycles. The number of rotatable bonds is 6. The Labute approximate surface area is 78.1 Å².